The van der Waals surface area contributed by atoms with Gasteiger partial charge in [0.2, 0.25) is 0 Å². The molecule has 0 aliphatic heterocycles. The first-order valence-corrected chi connectivity index (χ1v) is 7.60. The van der Waals surface area contributed by atoms with Crippen LogP contribution in [-0.4, -0.2) is 28.5 Å². The number of nitrogens with one attached hydrogen (secondary N) is 1. The highest BCUT2D eigenvalue weighted by molar-refractivity contribution is 5.85. The van der Waals surface area contributed by atoms with Crippen LogP contribution in [0.25, 0.3) is 10.8 Å². The fourth-order valence-corrected chi connectivity index (χ4v) is 3.29. The molecule has 2 aromatic rings. The SMILES string of the molecule is CCN(CC)C(C)(C)C(NN)c1cccc2cnccc12. The number of pyridine rings is 1. The summed E-state index contributed by atoms with van der Waals surface area (Å²) in [7, 11) is 0. The number of fused-ring (bicyclic) bond motifs is 1. The number of hydrogen-bond acceptors (Lipinski definition) is 4. The zero-order valence-electron chi connectivity index (χ0n) is 13.4. The number of benzene rings is 1. The molecule has 0 radical (unpaired) electrons. The van der Waals surface area contributed by atoms with E-state index < -0.39 is 0 Å². The molecule has 1 aromatic carbocycles. The highest BCUT2D eigenvalue weighted by atomic mass is 15.3. The fraction of sp³-hybridized carbons (Fsp3) is 0.471. The average Bonchev–Trinajstić information content (AvgIpc) is 2.49. The zero-order valence-corrected chi connectivity index (χ0v) is 13.4. The maximum atomic E-state index is 5.94. The average molecular weight is 286 g/mol. The molecule has 0 fully saturated rings. The Kier molecular flexibility index (Phi) is 4.93. The van der Waals surface area contributed by atoms with Crippen molar-refractivity contribution in [1.29, 1.82) is 0 Å². The van der Waals surface area contributed by atoms with Gasteiger partial charge in [0.05, 0.1) is 6.04 Å². The first-order chi connectivity index (χ1) is 10.1. The molecule has 0 amide bonds. The summed E-state index contributed by atoms with van der Waals surface area (Å²) in [5, 5.41) is 2.35. The van der Waals surface area contributed by atoms with Gasteiger partial charge in [-0.1, -0.05) is 32.0 Å². The molecule has 1 heterocycles. The molecular formula is C17H26N4. The molecule has 0 aliphatic carbocycles. The lowest BCUT2D eigenvalue weighted by atomic mass is 9.85. The van der Waals surface area contributed by atoms with Gasteiger partial charge in [-0.15, -0.1) is 0 Å². The second-order valence-electron chi connectivity index (χ2n) is 5.87. The third kappa shape index (κ3) is 2.93. The van der Waals surface area contributed by atoms with Gasteiger partial charge in [-0.05, 0) is 44.0 Å². The molecule has 2 rings (SSSR count). The summed E-state index contributed by atoms with van der Waals surface area (Å²) >= 11 is 0. The lowest BCUT2D eigenvalue weighted by molar-refractivity contribution is 0.0918. The van der Waals surface area contributed by atoms with E-state index in [-0.39, 0.29) is 11.6 Å². The highest BCUT2D eigenvalue weighted by Gasteiger charge is 2.35. The van der Waals surface area contributed by atoms with Gasteiger partial charge in [0, 0.05) is 23.3 Å². The molecule has 4 heteroatoms. The van der Waals surface area contributed by atoms with E-state index >= 15 is 0 Å². The van der Waals surface area contributed by atoms with Crippen LogP contribution in [0.3, 0.4) is 0 Å². The summed E-state index contributed by atoms with van der Waals surface area (Å²) in [6.45, 7) is 10.8. The topological polar surface area (TPSA) is 54.2 Å². The molecule has 3 N–H and O–H groups in total. The van der Waals surface area contributed by atoms with E-state index in [1.807, 2.05) is 12.4 Å². The van der Waals surface area contributed by atoms with E-state index in [0.29, 0.717) is 0 Å². The first kappa shape index (κ1) is 15.9. The molecular weight excluding hydrogens is 260 g/mol. The van der Waals surface area contributed by atoms with Crippen LogP contribution < -0.4 is 11.3 Å². The van der Waals surface area contributed by atoms with Crippen molar-refractivity contribution in [2.75, 3.05) is 13.1 Å². The van der Waals surface area contributed by atoms with Crippen LogP contribution in [0.15, 0.2) is 36.7 Å². The number of aromatic nitrogens is 1. The number of hydrogen-bond donors (Lipinski definition) is 2. The van der Waals surface area contributed by atoms with E-state index in [4.69, 9.17) is 5.84 Å². The van der Waals surface area contributed by atoms with Crippen molar-refractivity contribution in [3.05, 3.63) is 42.2 Å². The van der Waals surface area contributed by atoms with Crippen molar-refractivity contribution < 1.29 is 0 Å². The van der Waals surface area contributed by atoms with Gasteiger partial charge in [-0.2, -0.15) is 0 Å². The number of likely N-dealkylation sites (N-methyl/N-ethyl adjacent to an activating group) is 1. The standard InChI is InChI=1S/C17H26N4/c1-5-21(6-2)17(3,4)16(20-18)15-9-7-8-13-12-19-11-10-14(13)15/h7-12,16,20H,5-6,18H2,1-4H3. The maximum absolute atomic E-state index is 5.94. The van der Waals surface area contributed by atoms with Crippen molar-refractivity contribution in [2.24, 2.45) is 5.84 Å². The van der Waals surface area contributed by atoms with Crippen LogP contribution in [0.1, 0.15) is 39.3 Å². The number of nitrogens with two attached hydrogens (primary N) is 1. The Morgan fingerprint density at radius 3 is 2.57 bits per heavy atom. The lowest BCUT2D eigenvalue weighted by Crippen LogP contribution is -2.54. The normalized spacial score (nSPS) is 13.8. The van der Waals surface area contributed by atoms with Gasteiger partial charge in [-0.3, -0.25) is 21.2 Å². The summed E-state index contributed by atoms with van der Waals surface area (Å²) < 4.78 is 0. The lowest BCUT2D eigenvalue weighted by Gasteiger charge is -2.43. The Morgan fingerprint density at radius 1 is 1.24 bits per heavy atom. The molecule has 0 bridgehead atoms. The Bertz CT molecular complexity index is 585. The Labute approximate surface area is 127 Å². The van der Waals surface area contributed by atoms with Crippen molar-refractivity contribution in [1.82, 2.24) is 15.3 Å². The second kappa shape index (κ2) is 6.52. The van der Waals surface area contributed by atoms with Gasteiger partial charge in [-0.25, -0.2) is 0 Å². The molecule has 0 saturated heterocycles. The van der Waals surface area contributed by atoms with Crippen molar-refractivity contribution >= 4 is 10.8 Å². The van der Waals surface area contributed by atoms with Gasteiger partial charge >= 0.3 is 0 Å². The largest absolute Gasteiger partial charge is 0.297 e. The van der Waals surface area contributed by atoms with Gasteiger partial charge in [0.1, 0.15) is 0 Å². The Balaban J connectivity index is 2.54. The van der Waals surface area contributed by atoms with Crippen LogP contribution in [0.4, 0.5) is 0 Å². The van der Waals surface area contributed by atoms with Crippen LogP contribution in [0.5, 0.6) is 0 Å². The minimum atomic E-state index is -0.0875. The third-order valence-corrected chi connectivity index (χ3v) is 4.48. The maximum Gasteiger partial charge on any atom is 0.0644 e. The van der Waals surface area contributed by atoms with E-state index in [0.717, 1.165) is 18.5 Å². The minimum Gasteiger partial charge on any atom is -0.297 e. The van der Waals surface area contributed by atoms with E-state index in [2.05, 4.69) is 67.3 Å². The van der Waals surface area contributed by atoms with Crippen LogP contribution >= 0.6 is 0 Å². The van der Waals surface area contributed by atoms with Gasteiger partial charge in [0.15, 0.2) is 0 Å². The van der Waals surface area contributed by atoms with E-state index in [1.165, 1.54) is 10.9 Å². The van der Waals surface area contributed by atoms with Crippen LogP contribution in [0, 0.1) is 0 Å². The molecule has 1 aromatic heterocycles. The summed E-state index contributed by atoms with van der Waals surface area (Å²) in [4.78, 5) is 6.63. The third-order valence-electron chi connectivity index (χ3n) is 4.48. The van der Waals surface area contributed by atoms with Crippen LogP contribution in [-0.2, 0) is 0 Å². The molecule has 21 heavy (non-hydrogen) atoms. The number of rotatable bonds is 6. The molecule has 0 spiro atoms. The molecule has 4 nitrogen and oxygen atoms in total. The minimum absolute atomic E-state index is 0.0449. The highest BCUT2D eigenvalue weighted by Crippen LogP contribution is 2.34. The first-order valence-electron chi connectivity index (χ1n) is 7.60. The summed E-state index contributed by atoms with van der Waals surface area (Å²) in [6, 6.07) is 8.42. The smallest absolute Gasteiger partial charge is 0.0644 e. The Morgan fingerprint density at radius 2 is 1.95 bits per heavy atom. The van der Waals surface area contributed by atoms with E-state index in [9.17, 15) is 0 Å². The number of hydrazine groups is 1. The molecule has 114 valence electrons. The van der Waals surface area contributed by atoms with Crippen molar-refractivity contribution in [3.63, 3.8) is 0 Å². The second-order valence-corrected chi connectivity index (χ2v) is 5.87. The predicted molar refractivity (Wildman–Crippen MR) is 88.8 cm³/mol. The molecule has 1 atom stereocenters. The predicted octanol–water partition coefficient (Wildman–Crippen LogP) is 2.86. The summed E-state index contributed by atoms with van der Waals surface area (Å²) in [6.07, 6.45) is 3.74. The Hall–Kier alpha value is -1.49. The summed E-state index contributed by atoms with van der Waals surface area (Å²) in [5.41, 5.74) is 4.17. The zero-order chi connectivity index (χ0) is 15.5. The van der Waals surface area contributed by atoms with E-state index in [1.54, 1.807) is 0 Å². The van der Waals surface area contributed by atoms with Crippen molar-refractivity contribution in [3.8, 4) is 0 Å². The van der Waals surface area contributed by atoms with Crippen molar-refractivity contribution in [2.45, 2.75) is 39.3 Å². The summed E-state index contributed by atoms with van der Waals surface area (Å²) in [5.74, 6) is 5.94. The van der Waals surface area contributed by atoms with Gasteiger partial charge in [0.25, 0.3) is 0 Å². The monoisotopic (exact) mass is 286 g/mol. The molecule has 1 unspecified atom stereocenters. The molecule has 0 aliphatic rings. The van der Waals surface area contributed by atoms with Gasteiger partial charge < -0.3 is 0 Å². The number of nitrogens with zero attached hydrogens (tertiary/aromatic N) is 2. The quantitative estimate of drug-likeness (QED) is 0.633. The van der Waals surface area contributed by atoms with Crippen LogP contribution in [0.2, 0.25) is 0 Å². The molecule has 0 saturated carbocycles. The fourth-order valence-electron chi connectivity index (χ4n) is 3.29.